The van der Waals surface area contributed by atoms with E-state index in [1.807, 2.05) is 18.2 Å². The number of anilines is 1. The van der Waals surface area contributed by atoms with Gasteiger partial charge in [0.1, 0.15) is 18.2 Å². The van der Waals surface area contributed by atoms with Gasteiger partial charge in [-0.05, 0) is 75.6 Å². The summed E-state index contributed by atoms with van der Waals surface area (Å²) in [6.07, 6.45) is 1.47. The molecule has 0 fully saturated rings. The minimum absolute atomic E-state index is 0.0752. The largest absolute Gasteiger partial charge is 0.493 e. The third-order valence-electron chi connectivity index (χ3n) is 4.31. The zero-order valence-electron chi connectivity index (χ0n) is 16.9. The summed E-state index contributed by atoms with van der Waals surface area (Å²) in [5.41, 5.74) is 1.95. The molecular formula is C24H17BrCl2N2O3. The minimum atomic E-state index is -0.548. The zero-order chi connectivity index (χ0) is 23.1. The Morgan fingerprint density at radius 1 is 1.12 bits per heavy atom. The summed E-state index contributed by atoms with van der Waals surface area (Å²) >= 11 is 15.3. The molecule has 0 atom stereocenters. The first-order valence-electron chi connectivity index (χ1n) is 9.33. The first-order chi connectivity index (χ1) is 15.4. The highest BCUT2D eigenvalue weighted by molar-refractivity contribution is 9.10. The molecule has 0 saturated heterocycles. The van der Waals surface area contributed by atoms with Gasteiger partial charge in [0.25, 0.3) is 5.91 Å². The zero-order valence-corrected chi connectivity index (χ0v) is 20.0. The average molecular weight is 532 g/mol. The van der Waals surface area contributed by atoms with Gasteiger partial charge in [-0.2, -0.15) is 5.26 Å². The summed E-state index contributed by atoms with van der Waals surface area (Å²) in [5.74, 6) is 0.404. The number of carbonyl (C=O) groups excluding carboxylic acids is 1. The number of hydrogen-bond donors (Lipinski definition) is 1. The Balaban J connectivity index is 1.81. The first kappa shape index (κ1) is 23.7. The second-order valence-corrected chi connectivity index (χ2v) is 8.31. The number of ether oxygens (including phenoxy) is 2. The van der Waals surface area contributed by atoms with Gasteiger partial charge in [-0.1, -0.05) is 41.4 Å². The predicted molar refractivity (Wildman–Crippen MR) is 130 cm³/mol. The van der Waals surface area contributed by atoms with Crippen LogP contribution in [0.3, 0.4) is 0 Å². The van der Waals surface area contributed by atoms with E-state index in [1.165, 1.54) is 13.2 Å². The van der Waals surface area contributed by atoms with Gasteiger partial charge in [0.2, 0.25) is 0 Å². The highest BCUT2D eigenvalue weighted by Gasteiger charge is 2.14. The van der Waals surface area contributed by atoms with E-state index >= 15 is 0 Å². The smallest absolute Gasteiger partial charge is 0.266 e. The maximum absolute atomic E-state index is 12.5. The van der Waals surface area contributed by atoms with E-state index < -0.39 is 5.91 Å². The molecule has 5 nitrogen and oxygen atoms in total. The highest BCUT2D eigenvalue weighted by atomic mass is 79.9. The molecule has 32 heavy (non-hydrogen) atoms. The molecule has 0 spiro atoms. The molecule has 0 bridgehead atoms. The van der Waals surface area contributed by atoms with E-state index in [1.54, 1.807) is 48.5 Å². The number of hydrogen-bond acceptors (Lipinski definition) is 4. The number of nitriles is 1. The molecule has 0 aromatic heterocycles. The van der Waals surface area contributed by atoms with Crippen molar-refractivity contribution in [2.45, 2.75) is 6.61 Å². The Labute approximate surface area is 204 Å². The number of benzene rings is 3. The monoisotopic (exact) mass is 530 g/mol. The highest BCUT2D eigenvalue weighted by Crippen LogP contribution is 2.38. The van der Waals surface area contributed by atoms with Crippen LogP contribution in [0, 0.1) is 11.3 Å². The molecule has 3 aromatic carbocycles. The van der Waals surface area contributed by atoms with Gasteiger partial charge in [-0.15, -0.1) is 0 Å². The van der Waals surface area contributed by atoms with Gasteiger partial charge in [-0.25, -0.2) is 0 Å². The van der Waals surface area contributed by atoms with Gasteiger partial charge in [-0.3, -0.25) is 4.79 Å². The molecule has 0 aliphatic heterocycles. The van der Waals surface area contributed by atoms with Crippen LogP contribution in [-0.2, 0) is 11.4 Å². The Morgan fingerprint density at radius 2 is 1.88 bits per heavy atom. The standard InChI is InChI=1S/C24H17BrCl2N2O3/c1-31-22-11-16(9-17(13-28)24(30)29-20-4-2-3-19(27)12-20)10-21(25)23(22)32-14-15-5-7-18(26)8-6-15/h2-12H,14H2,1H3,(H,29,30)/b17-9-. The van der Waals surface area contributed by atoms with Crippen molar-refractivity contribution in [2.75, 3.05) is 12.4 Å². The number of methoxy groups -OCH3 is 1. The van der Waals surface area contributed by atoms with Gasteiger partial charge in [0.15, 0.2) is 11.5 Å². The van der Waals surface area contributed by atoms with E-state index in [9.17, 15) is 10.1 Å². The summed E-state index contributed by atoms with van der Waals surface area (Å²) in [5, 5.41) is 13.3. The third kappa shape index (κ3) is 6.27. The number of amides is 1. The van der Waals surface area contributed by atoms with E-state index in [0.717, 1.165) is 5.56 Å². The lowest BCUT2D eigenvalue weighted by Gasteiger charge is -2.14. The molecular weight excluding hydrogens is 515 g/mol. The quantitative estimate of drug-likeness (QED) is 0.266. The Hall–Kier alpha value is -2.98. The Bertz CT molecular complexity index is 1200. The topological polar surface area (TPSA) is 71.3 Å². The van der Waals surface area contributed by atoms with Crippen molar-refractivity contribution in [3.8, 4) is 17.6 Å². The average Bonchev–Trinajstić information content (AvgIpc) is 2.77. The number of halogens is 3. The molecule has 0 aliphatic rings. The summed E-state index contributed by atoms with van der Waals surface area (Å²) in [6.45, 7) is 0.312. The fourth-order valence-electron chi connectivity index (χ4n) is 2.78. The summed E-state index contributed by atoms with van der Waals surface area (Å²) in [6, 6.07) is 19.4. The maximum Gasteiger partial charge on any atom is 0.266 e. The molecule has 3 aromatic rings. The van der Waals surface area contributed by atoms with Crippen LogP contribution in [0.2, 0.25) is 10.0 Å². The van der Waals surface area contributed by atoms with Gasteiger partial charge in [0.05, 0.1) is 11.6 Å². The second kappa shape index (κ2) is 11.1. The van der Waals surface area contributed by atoms with Crippen molar-refractivity contribution < 1.29 is 14.3 Å². The van der Waals surface area contributed by atoms with E-state index in [4.69, 9.17) is 32.7 Å². The van der Waals surface area contributed by atoms with E-state index in [2.05, 4.69) is 21.2 Å². The summed E-state index contributed by atoms with van der Waals surface area (Å²) in [4.78, 5) is 12.5. The van der Waals surface area contributed by atoms with Gasteiger partial charge in [0, 0.05) is 15.7 Å². The van der Waals surface area contributed by atoms with Crippen molar-refractivity contribution in [3.05, 3.63) is 91.9 Å². The molecule has 1 amide bonds. The lowest BCUT2D eigenvalue weighted by molar-refractivity contribution is -0.112. The predicted octanol–water partition coefficient (Wildman–Crippen LogP) is 6.89. The van der Waals surface area contributed by atoms with Crippen LogP contribution in [0.15, 0.2) is 70.7 Å². The van der Waals surface area contributed by atoms with Crippen molar-refractivity contribution in [1.82, 2.24) is 0 Å². The lowest BCUT2D eigenvalue weighted by Crippen LogP contribution is -2.13. The fourth-order valence-corrected chi connectivity index (χ4v) is 3.67. The van der Waals surface area contributed by atoms with Crippen LogP contribution in [0.1, 0.15) is 11.1 Å². The molecule has 0 radical (unpaired) electrons. The van der Waals surface area contributed by atoms with E-state index in [-0.39, 0.29) is 5.57 Å². The summed E-state index contributed by atoms with van der Waals surface area (Å²) < 4.78 is 12.0. The van der Waals surface area contributed by atoms with Gasteiger partial charge >= 0.3 is 0 Å². The van der Waals surface area contributed by atoms with Crippen molar-refractivity contribution in [1.29, 1.82) is 5.26 Å². The second-order valence-electron chi connectivity index (χ2n) is 6.58. The van der Waals surface area contributed by atoms with Gasteiger partial charge < -0.3 is 14.8 Å². The maximum atomic E-state index is 12.5. The lowest BCUT2D eigenvalue weighted by atomic mass is 10.1. The molecule has 0 saturated carbocycles. The van der Waals surface area contributed by atoms with Crippen molar-refractivity contribution >= 4 is 56.8 Å². The molecule has 0 heterocycles. The Kier molecular flexibility index (Phi) is 8.18. The van der Waals surface area contributed by atoms with Crippen LogP contribution < -0.4 is 14.8 Å². The van der Waals surface area contributed by atoms with Crippen molar-refractivity contribution in [2.24, 2.45) is 0 Å². The molecule has 3 rings (SSSR count). The Morgan fingerprint density at radius 3 is 2.53 bits per heavy atom. The molecule has 8 heteroatoms. The summed E-state index contributed by atoms with van der Waals surface area (Å²) in [7, 11) is 1.52. The molecule has 162 valence electrons. The van der Waals surface area contributed by atoms with Crippen LogP contribution in [0.5, 0.6) is 11.5 Å². The SMILES string of the molecule is COc1cc(/C=C(/C#N)C(=O)Nc2cccc(Cl)c2)cc(Br)c1OCc1ccc(Cl)cc1. The van der Waals surface area contributed by atoms with Crippen LogP contribution in [0.25, 0.3) is 6.08 Å². The number of rotatable bonds is 7. The van der Waals surface area contributed by atoms with Crippen LogP contribution >= 0.6 is 39.1 Å². The normalized spacial score (nSPS) is 10.9. The van der Waals surface area contributed by atoms with E-state index in [0.29, 0.717) is 43.9 Å². The third-order valence-corrected chi connectivity index (χ3v) is 5.38. The number of carbonyl (C=O) groups is 1. The molecule has 1 N–H and O–H groups in total. The first-order valence-corrected chi connectivity index (χ1v) is 10.9. The number of nitrogens with zero attached hydrogens (tertiary/aromatic N) is 1. The number of nitrogens with one attached hydrogen (secondary N) is 1. The molecule has 0 unspecified atom stereocenters. The minimum Gasteiger partial charge on any atom is -0.493 e. The van der Waals surface area contributed by atoms with Crippen LogP contribution in [0.4, 0.5) is 5.69 Å². The fraction of sp³-hybridized carbons (Fsp3) is 0.0833. The molecule has 0 aliphatic carbocycles. The van der Waals surface area contributed by atoms with Crippen molar-refractivity contribution in [3.63, 3.8) is 0 Å². The van der Waals surface area contributed by atoms with Crippen LogP contribution in [-0.4, -0.2) is 13.0 Å².